The Morgan fingerprint density at radius 3 is 2.74 bits per heavy atom. The zero-order valence-electron chi connectivity index (χ0n) is 22.0. The number of aromatic nitrogens is 2. The van der Waals surface area contributed by atoms with Crippen LogP contribution in [0.3, 0.4) is 0 Å². The number of nitrogens with zero attached hydrogens (tertiary/aromatic N) is 3. The molecule has 2 amide bonds. The highest BCUT2D eigenvalue weighted by Gasteiger charge is 2.40. The molecule has 8 nitrogen and oxygen atoms in total. The molecule has 4 heterocycles. The topological polar surface area (TPSA) is 96.5 Å². The molecule has 38 heavy (non-hydrogen) atoms. The number of benzene rings is 1. The number of hydrogen-bond donors (Lipinski definition) is 2. The van der Waals surface area contributed by atoms with Crippen LogP contribution in [0.2, 0.25) is 0 Å². The number of fused-ring (bicyclic) bond motifs is 1. The Kier molecular flexibility index (Phi) is 8.01. The third-order valence-corrected chi connectivity index (χ3v) is 8.59. The van der Waals surface area contributed by atoms with E-state index in [1.165, 1.54) is 23.5 Å². The van der Waals surface area contributed by atoms with Gasteiger partial charge >= 0.3 is 0 Å². The lowest BCUT2D eigenvalue weighted by Gasteiger charge is -2.35. The Hall–Kier alpha value is -2.95. The van der Waals surface area contributed by atoms with E-state index in [1.807, 2.05) is 23.3 Å². The molecule has 2 aliphatic heterocycles. The number of rotatable bonds is 7. The maximum Gasteiger partial charge on any atom is 0.246 e. The monoisotopic (exact) mass is 539 g/mol. The number of amides is 2. The van der Waals surface area contributed by atoms with Crippen molar-refractivity contribution in [2.24, 2.45) is 5.92 Å². The predicted molar refractivity (Wildman–Crippen MR) is 145 cm³/mol. The maximum absolute atomic E-state index is 14.1. The SMILES string of the molecule is CN[C@@H](C)C(=O)N[C@H](C(=O)N1CCCC1c1nc(-c2cc(C)nc3ccc(F)cc23)cs1)C1CCOCC1. The third kappa shape index (κ3) is 5.43. The number of pyridine rings is 1. The van der Waals surface area contributed by atoms with E-state index in [-0.39, 0.29) is 29.6 Å². The largest absolute Gasteiger partial charge is 0.381 e. The number of nitrogens with one attached hydrogen (secondary N) is 2. The van der Waals surface area contributed by atoms with E-state index >= 15 is 0 Å². The molecule has 1 unspecified atom stereocenters. The van der Waals surface area contributed by atoms with Crippen LogP contribution in [0.15, 0.2) is 29.6 Å². The Bertz CT molecular complexity index is 1330. The average Bonchev–Trinajstić information content (AvgIpc) is 3.61. The van der Waals surface area contributed by atoms with Gasteiger partial charge in [0.2, 0.25) is 11.8 Å². The number of ether oxygens (including phenoxy) is 1. The summed E-state index contributed by atoms with van der Waals surface area (Å²) in [5.41, 5.74) is 3.14. The second kappa shape index (κ2) is 11.4. The Morgan fingerprint density at radius 2 is 1.97 bits per heavy atom. The Morgan fingerprint density at radius 1 is 1.18 bits per heavy atom. The van der Waals surface area contributed by atoms with Gasteiger partial charge in [0.15, 0.2) is 0 Å². The molecule has 2 fully saturated rings. The van der Waals surface area contributed by atoms with Crippen molar-refractivity contribution in [2.75, 3.05) is 26.8 Å². The van der Waals surface area contributed by atoms with Crippen LogP contribution < -0.4 is 10.6 Å². The van der Waals surface area contributed by atoms with Gasteiger partial charge in [0.05, 0.1) is 23.3 Å². The average molecular weight is 540 g/mol. The maximum atomic E-state index is 14.1. The van der Waals surface area contributed by atoms with Crippen molar-refractivity contribution in [3.8, 4) is 11.3 Å². The van der Waals surface area contributed by atoms with Gasteiger partial charge in [-0.3, -0.25) is 14.6 Å². The van der Waals surface area contributed by atoms with Crippen molar-refractivity contribution >= 4 is 34.1 Å². The van der Waals surface area contributed by atoms with Crippen LogP contribution in [0, 0.1) is 18.7 Å². The second-order valence-electron chi connectivity index (χ2n) is 10.2. The fraction of sp³-hybridized carbons (Fsp3) is 0.500. The number of thiazole rings is 1. The molecule has 0 bridgehead atoms. The number of hydrogen-bond acceptors (Lipinski definition) is 7. The molecule has 0 saturated carbocycles. The van der Waals surface area contributed by atoms with Crippen LogP contribution in [0.5, 0.6) is 0 Å². The molecule has 3 atom stereocenters. The number of aryl methyl sites for hydroxylation is 1. The van der Waals surface area contributed by atoms with Gasteiger partial charge in [-0.05, 0) is 76.8 Å². The summed E-state index contributed by atoms with van der Waals surface area (Å²) in [6.07, 6.45) is 3.14. The summed E-state index contributed by atoms with van der Waals surface area (Å²) in [5.74, 6) is -0.531. The number of halogens is 1. The molecule has 10 heteroatoms. The Balaban J connectivity index is 1.42. The van der Waals surface area contributed by atoms with E-state index in [1.54, 1.807) is 20.0 Å². The highest BCUT2D eigenvalue weighted by molar-refractivity contribution is 7.10. The number of likely N-dealkylation sites (N-methyl/N-ethyl adjacent to an activating group) is 1. The zero-order chi connectivity index (χ0) is 26.8. The summed E-state index contributed by atoms with van der Waals surface area (Å²) < 4.78 is 19.6. The van der Waals surface area contributed by atoms with Gasteiger partial charge in [-0.1, -0.05) is 0 Å². The molecule has 202 valence electrons. The number of carbonyl (C=O) groups is 2. The third-order valence-electron chi connectivity index (χ3n) is 7.65. The van der Waals surface area contributed by atoms with E-state index < -0.39 is 12.1 Å². The van der Waals surface area contributed by atoms with Gasteiger partial charge in [-0.2, -0.15) is 0 Å². The first-order chi connectivity index (χ1) is 18.4. The van der Waals surface area contributed by atoms with E-state index in [4.69, 9.17) is 9.72 Å². The van der Waals surface area contributed by atoms with Crippen LogP contribution in [0.4, 0.5) is 4.39 Å². The molecule has 2 aromatic heterocycles. The van der Waals surface area contributed by atoms with Crippen molar-refractivity contribution in [3.05, 3.63) is 46.2 Å². The fourth-order valence-electron chi connectivity index (χ4n) is 5.41. The van der Waals surface area contributed by atoms with E-state index in [9.17, 15) is 14.0 Å². The quantitative estimate of drug-likeness (QED) is 0.472. The standard InChI is InChI=1S/C28H34FN5O3S/c1-16-13-20(21-14-19(29)6-7-22(21)31-16)23-15-38-27(32-23)24-5-4-10-34(24)28(36)25(18-8-11-37-12-9-18)33-26(35)17(2)30-3/h6-7,13-15,17-18,24-25,30H,4-5,8-12H2,1-3H3,(H,33,35)/t17-,24?,25-/m0/s1. The lowest BCUT2D eigenvalue weighted by atomic mass is 9.90. The summed E-state index contributed by atoms with van der Waals surface area (Å²) in [4.78, 5) is 38.2. The molecule has 3 aromatic rings. The van der Waals surface area contributed by atoms with Crippen LogP contribution in [-0.4, -0.2) is 65.6 Å². The van der Waals surface area contributed by atoms with Crippen LogP contribution in [-0.2, 0) is 14.3 Å². The normalized spacial score (nSPS) is 20.0. The van der Waals surface area contributed by atoms with Gasteiger partial charge < -0.3 is 20.3 Å². The lowest BCUT2D eigenvalue weighted by Crippen LogP contribution is -2.56. The first kappa shape index (κ1) is 26.6. The van der Waals surface area contributed by atoms with Gasteiger partial charge in [-0.15, -0.1) is 11.3 Å². The summed E-state index contributed by atoms with van der Waals surface area (Å²) in [7, 11) is 1.73. The van der Waals surface area contributed by atoms with Crippen molar-refractivity contribution in [1.29, 1.82) is 0 Å². The highest BCUT2D eigenvalue weighted by Crippen LogP contribution is 2.38. The zero-order valence-corrected chi connectivity index (χ0v) is 22.8. The van der Waals surface area contributed by atoms with Crippen molar-refractivity contribution < 1.29 is 18.7 Å². The minimum Gasteiger partial charge on any atom is -0.381 e. The van der Waals surface area contributed by atoms with Crippen molar-refractivity contribution in [2.45, 2.75) is 57.7 Å². The minimum atomic E-state index is -0.600. The molecule has 0 aliphatic carbocycles. The first-order valence-corrected chi connectivity index (χ1v) is 14.1. The molecule has 0 spiro atoms. The predicted octanol–water partition coefficient (Wildman–Crippen LogP) is 3.99. The number of likely N-dealkylation sites (tertiary alicyclic amines) is 1. The van der Waals surface area contributed by atoms with Crippen molar-refractivity contribution in [1.82, 2.24) is 25.5 Å². The minimum absolute atomic E-state index is 0.0263. The van der Waals surface area contributed by atoms with E-state index in [2.05, 4.69) is 15.6 Å². The fourth-order valence-corrected chi connectivity index (χ4v) is 6.38. The van der Waals surface area contributed by atoms with Crippen LogP contribution in [0.1, 0.15) is 49.4 Å². The molecule has 2 N–H and O–H groups in total. The van der Waals surface area contributed by atoms with Crippen molar-refractivity contribution in [3.63, 3.8) is 0 Å². The molecular formula is C28H34FN5O3S. The molecule has 5 rings (SSSR count). The van der Waals surface area contributed by atoms with Crippen LogP contribution in [0.25, 0.3) is 22.2 Å². The molecular weight excluding hydrogens is 505 g/mol. The molecule has 2 aliphatic rings. The van der Waals surface area contributed by atoms with E-state index in [0.717, 1.165) is 53.2 Å². The van der Waals surface area contributed by atoms with Crippen LogP contribution >= 0.6 is 11.3 Å². The first-order valence-electron chi connectivity index (χ1n) is 13.2. The van der Waals surface area contributed by atoms with Gasteiger partial charge in [-0.25, -0.2) is 9.37 Å². The summed E-state index contributed by atoms with van der Waals surface area (Å²) in [6, 6.07) is 5.37. The molecule has 2 saturated heterocycles. The molecule has 1 aromatic carbocycles. The Labute approximate surface area is 226 Å². The summed E-state index contributed by atoms with van der Waals surface area (Å²) >= 11 is 1.51. The second-order valence-corrected chi connectivity index (χ2v) is 11.1. The molecule has 0 radical (unpaired) electrons. The summed E-state index contributed by atoms with van der Waals surface area (Å²) in [5, 5.41) is 9.54. The lowest BCUT2D eigenvalue weighted by molar-refractivity contribution is -0.140. The highest BCUT2D eigenvalue weighted by atomic mass is 32.1. The smallest absolute Gasteiger partial charge is 0.246 e. The van der Waals surface area contributed by atoms with E-state index in [0.29, 0.717) is 25.1 Å². The van der Waals surface area contributed by atoms with Gasteiger partial charge in [0, 0.05) is 41.8 Å². The van der Waals surface area contributed by atoms with Gasteiger partial charge in [0.25, 0.3) is 0 Å². The summed E-state index contributed by atoms with van der Waals surface area (Å²) in [6.45, 7) is 5.50. The number of carbonyl (C=O) groups excluding carboxylic acids is 2. The van der Waals surface area contributed by atoms with Gasteiger partial charge in [0.1, 0.15) is 16.9 Å².